The van der Waals surface area contributed by atoms with Crippen molar-refractivity contribution in [2.45, 2.75) is 32.1 Å². The molecule has 1 aromatic heterocycles. The van der Waals surface area contributed by atoms with Crippen molar-refractivity contribution < 1.29 is 9.84 Å². The summed E-state index contributed by atoms with van der Waals surface area (Å²) in [4.78, 5) is 6.49. The first kappa shape index (κ1) is 13.3. The predicted molar refractivity (Wildman–Crippen MR) is 70.4 cm³/mol. The van der Waals surface area contributed by atoms with Gasteiger partial charge in [0.05, 0.1) is 35.9 Å². The normalized spacial score (nSPS) is 23.1. The van der Waals surface area contributed by atoms with E-state index in [1.54, 1.807) is 0 Å². The van der Waals surface area contributed by atoms with Gasteiger partial charge in [0.25, 0.3) is 0 Å². The minimum atomic E-state index is -0.266. The highest BCUT2D eigenvalue weighted by Gasteiger charge is 2.33. The molecule has 0 aliphatic carbocycles. The van der Waals surface area contributed by atoms with Crippen LogP contribution >= 0.6 is 0 Å². The molecule has 1 atom stereocenters. The lowest BCUT2D eigenvalue weighted by Crippen LogP contribution is -2.54. The average molecular weight is 251 g/mol. The zero-order chi connectivity index (χ0) is 13.2. The summed E-state index contributed by atoms with van der Waals surface area (Å²) in [6, 6.07) is 3.96. The lowest BCUT2D eigenvalue weighted by Gasteiger charge is -2.43. The van der Waals surface area contributed by atoms with E-state index in [0.29, 0.717) is 13.1 Å². The molecule has 0 saturated carbocycles. The second-order valence-electron chi connectivity index (χ2n) is 5.27. The number of aliphatic hydroxyl groups is 1. The van der Waals surface area contributed by atoms with Gasteiger partial charge >= 0.3 is 0 Å². The largest absolute Gasteiger partial charge is 0.394 e. The smallest absolute Gasteiger partial charge is 0.0988 e. The molecule has 0 bridgehead atoms. The number of aromatic nitrogens is 1. The molecule has 1 unspecified atom stereocenters. The third-order valence-electron chi connectivity index (χ3n) is 3.07. The maximum absolute atomic E-state index is 9.29. The number of nitrogens with two attached hydrogens (primary N) is 1. The van der Waals surface area contributed by atoms with Crippen LogP contribution in [0.3, 0.4) is 0 Å². The molecule has 1 aliphatic heterocycles. The highest BCUT2D eigenvalue weighted by atomic mass is 16.5. The predicted octanol–water partition coefficient (Wildman–Crippen LogP) is 0.516. The molecule has 1 aromatic rings. The van der Waals surface area contributed by atoms with Crippen LogP contribution in [0.2, 0.25) is 0 Å². The number of pyridine rings is 1. The first-order valence-electron chi connectivity index (χ1n) is 6.23. The molecule has 2 rings (SSSR count). The molecule has 0 amide bonds. The van der Waals surface area contributed by atoms with Crippen molar-refractivity contribution in [2.24, 2.45) is 5.73 Å². The molecule has 100 valence electrons. The topological polar surface area (TPSA) is 71.6 Å². The maximum atomic E-state index is 9.29. The van der Waals surface area contributed by atoms with E-state index in [9.17, 15) is 5.11 Å². The summed E-state index contributed by atoms with van der Waals surface area (Å²) in [6.45, 7) is 6.02. The zero-order valence-electron chi connectivity index (χ0n) is 11.0. The number of aliphatic hydroxyl groups excluding tert-OH is 1. The number of morpholine rings is 1. The zero-order valence-corrected chi connectivity index (χ0v) is 11.0. The van der Waals surface area contributed by atoms with Gasteiger partial charge in [-0.15, -0.1) is 0 Å². The Balaban J connectivity index is 2.15. The van der Waals surface area contributed by atoms with E-state index >= 15 is 0 Å². The number of nitrogens with zero attached hydrogens (tertiary/aromatic N) is 2. The summed E-state index contributed by atoms with van der Waals surface area (Å²) in [5.41, 5.74) is 7.19. The number of hydrogen-bond donors (Lipinski definition) is 2. The van der Waals surface area contributed by atoms with Gasteiger partial charge in [-0.2, -0.15) is 0 Å². The highest BCUT2D eigenvalue weighted by molar-refractivity contribution is 5.45. The second-order valence-corrected chi connectivity index (χ2v) is 5.27. The van der Waals surface area contributed by atoms with E-state index in [4.69, 9.17) is 10.5 Å². The quantitative estimate of drug-likeness (QED) is 0.819. The van der Waals surface area contributed by atoms with Crippen LogP contribution in [0.5, 0.6) is 0 Å². The standard InChI is InChI=1S/C13H21N3O2/c1-13(2)9-16(7-12(8-17)18-13)11-4-3-10(5-14)15-6-11/h3-4,6,12,17H,5,7-9,14H2,1-2H3. The van der Waals surface area contributed by atoms with E-state index in [1.807, 2.05) is 32.2 Å². The number of ether oxygens (including phenoxy) is 1. The molecule has 18 heavy (non-hydrogen) atoms. The van der Waals surface area contributed by atoms with Crippen molar-refractivity contribution in [2.75, 3.05) is 24.6 Å². The van der Waals surface area contributed by atoms with Crippen LogP contribution in [0.25, 0.3) is 0 Å². The molecule has 1 fully saturated rings. The summed E-state index contributed by atoms with van der Waals surface area (Å²) in [6.07, 6.45) is 1.68. The Bertz CT molecular complexity index is 392. The van der Waals surface area contributed by atoms with E-state index in [0.717, 1.165) is 17.9 Å². The molecule has 0 aromatic carbocycles. The van der Waals surface area contributed by atoms with Crippen LogP contribution in [0.4, 0.5) is 5.69 Å². The molecule has 3 N–H and O–H groups in total. The van der Waals surface area contributed by atoms with E-state index in [1.165, 1.54) is 0 Å². The van der Waals surface area contributed by atoms with E-state index < -0.39 is 0 Å². The van der Waals surface area contributed by atoms with Crippen LogP contribution in [0.15, 0.2) is 18.3 Å². The van der Waals surface area contributed by atoms with Crippen molar-refractivity contribution >= 4 is 5.69 Å². The Hall–Kier alpha value is -1.17. The first-order chi connectivity index (χ1) is 8.54. The van der Waals surface area contributed by atoms with Crippen molar-refractivity contribution in [3.63, 3.8) is 0 Å². The Morgan fingerprint density at radius 1 is 1.56 bits per heavy atom. The Morgan fingerprint density at radius 3 is 2.89 bits per heavy atom. The van der Waals surface area contributed by atoms with Gasteiger partial charge in [0.2, 0.25) is 0 Å². The van der Waals surface area contributed by atoms with E-state index in [2.05, 4.69) is 9.88 Å². The summed E-state index contributed by atoms with van der Waals surface area (Å²) in [5.74, 6) is 0. The Kier molecular flexibility index (Phi) is 3.85. The van der Waals surface area contributed by atoms with Crippen molar-refractivity contribution in [3.05, 3.63) is 24.0 Å². The summed E-state index contributed by atoms with van der Waals surface area (Å²) in [7, 11) is 0. The second kappa shape index (κ2) is 5.22. The molecule has 5 nitrogen and oxygen atoms in total. The van der Waals surface area contributed by atoms with Crippen LogP contribution in [0.1, 0.15) is 19.5 Å². The van der Waals surface area contributed by atoms with Crippen LogP contribution < -0.4 is 10.6 Å². The van der Waals surface area contributed by atoms with Gasteiger partial charge in [-0.1, -0.05) is 0 Å². The van der Waals surface area contributed by atoms with Crippen molar-refractivity contribution in [1.29, 1.82) is 0 Å². The monoisotopic (exact) mass is 251 g/mol. The third kappa shape index (κ3) is 2.98. The molecule has 0 radical (unpaired) electrons. The van der Waals surface area contributed by atoms with Crippen LogP contribution in [-0.4, -0.2) is 41.5 Å². The van der Waals surface area contributed by atoms with Gasteiger partial charge < -0.3 is 20.5 Å². The molecular weight excluding hydrogens is 230 g/mol. The van der Waals surface area contributed by atoms with Gasteiger partial charge in [-0.3, -0.25) is 4.98 Å². The molecule has 1 saturated heterocycles. The van der Waals surface area contributed by atoms with Crippen molar-refractivity contribution in [1.82, 2.24) is 4.98 Å². The minimum absolute atomic E-state index is 0.0360. The van der Waals surface area contributed by atoms with E-state index in [-0.39, 0.29) is 18.3 Å². The van der Waals surface area contributed by atoms with Gasteiger partial charge in [-0.05, 0) is 26.0 Å². The first-order valence-corrected chi connectivity index (χ1v) is 6.23. The fourth-order valence-electron chi connectivity index (χ4n) is 2.31. The van der Waals surface area contributed by atoms with Gasteiger partial charge in [0.15, 0.2) is 0 Å². The van der Waals surface area contributed by atoms with Crippen molar-refractivity contribution in [3.8, 4) is 0 Å². The third-order valence-corrected chi connectivity index (χ3v) is 3.07. The SMILES string of the molecule is CC1(C)CN(c2ccc(CN)nc2)CC(CO)O1. The average Bonchev–Trinajstić information content (AvgIpc) is 2.37. The minimum Gasteiger partial charge on any atom is -0.394 e. The molecule has 2 heterocycles. The highest BCUT2D eigenvalue weighted by Crippen LogP contribution is 2.25. The lowest BCUT2D eigenvalue weighted by atomic mass is 10.0. The van der Waals surface area contributed by atoms with Gasteiger partial charge in [-0.25, -0.2) is 0 Å². The molecule has 1 aliphatic rings. The fourth-order valence-corrected chi connectivity index (χ4v) is 2.31. The number of anilines is 1. The maximum Gasteiger partial charge on any atom is 0.0988 e. The number of hydrogen-bond acceptors (Lipinski definition) is 5. The van der Waals surface area contributed by atoms with Crippen LogP contribution in [-0.2, 0) is 11.3 Å². The summed E-state index contributed by atoms with van der Waals surface area (Å²) < 4.78 is 5.79. The Labute approximate surface area is 108 Å². The Morgan fingerprint density at radius 2 is 2.33 bits per heavy atom. The molecule has 0 spiro atoms. The molecule has 5 heteroatoms. The van der Waals surface area contributed by atoms with Gasteiger partial charge in [0, 0.05) is 19.6 Å². The number of rotatable bonds is 3. The lowest BCUT2D eigenvalue weighted by molar-refractivity contribution is -0.101. The molecular formula is C13H21N3O2. The fraction of sp³-hybridized carbons (Fsp3) is 0.615. The van der Waals surface area contributed by atoms with Gasteiger partial charge in [0.1, 0.15) is 0 Å². The summed E-state index contributed by atoms with van der Waals surface area (Å²) in [5, 5.41) is 9.29. The summed E-state index contributed by atoms with van der Waals surface area (Å²) >= 11 is 0. The van der Waals surface area contributed by atoms with Crippen LogP contribution in [0, 0.1) is 0 Å².